The smallest absolute Gasteiger partial charge is 0.266 e. The van der Waals surface area contributed by atoms with Gasteiger partial charge < -0.3 is 21.5 Å². The molecule has 0 bridgehead atoms. The van der Waals surface area contributed by atoms with Crippen molar-refractivity contribution in [2.45, 2.75) is 17.7 Å². The average molecular weight is 447 g/mol. The van der Waals surface area contributed by atoms with Gasteiger partial charge in [-0.1, -0.05) is 12.1 Å². The van der Waals surface area contributed by atoms with Crippen molar-refractivity contribution in [1.82, 2.24) is 9.62 Å². The minimum Gasteiger partial charge on any atom is -0.496 e. The first-order valence-corrected chi connectivity index (χ1v) is 11.2. The van der Waals surface area contributed by atoms with Crippen molar-refractivity contribution in [3.05, 3.63) is 53.6 Å². The van der Waals surface area contributed by atoms with E-state index in [0.717, 1.165) is 5.56 Å². The van der Waals surface area contributed by atoms with Crippen molar-refractivity contribution in [2.75, 3.05) is 32.5 Å². The molecule has 0 radical (unpaired) electrons. The van der Waals surface area contributed by atoms with Crippen LogP contribution in [-0.2, 0) is 32.5 Å². The predicted molar refractivity (Wildman–Crippen MR) is 116 cm³/mol. The Bertz CT molecular complexity index is 1070. The summed E-state index contributed by atoms with van der Waals surface area (Å²) < 4.78 is 32.4. The van der Waals surface area contributed by atoms with Crippen LogP contribution in [0.1, 0.15) is 11.1 Å². The molecular weight excluding hydrogens is 420 g/mol. The van der Waals surface area contributed by atoms with E-state index >= 15 is 0 Å². The molecule has 10 heteroatoms. The highest BCUT2D eigenvalue weighted by Crippen LogP contribution is 2.27. The highest BCUT2D eigenvalue weighted by atomic mass is 32.2. The molecule has 0 saturated carbocycles. The zero-order valence-corrected chi connectivity index (χ0v) is 18.0. The fraction of sp³-hybridized carbons (Fsp3) is 0.333. The Morgan fingerprint density at radius 1 is 1.16 bits per heavy atom. The van der Waals surface area contributed by atoms with Gasteiger partial charge in [-0.2, -0.15) is 0 Å². The van der Waals surface area contributed by atoms with Crippen LogP contribution < -0.4 is 21.5 Å². The summed E-state index contributed by atoms with van der Waals surface area (Å²) in [7, 11) is -2.72. The van der Waals surface area contributed by atoms with Gasteiger partial charge in [-0.25, -0.2) is 12.7 Å². The van der Waals surface area contributed by atoms with Crippen LogP contribution in [0.15, 0.2) is 47.4 Å². The number of carbonyl (C=O) groups excluding carboxylic acids is 2. The molecule has 1 atom stereocenters. The van der Waals surface area contributed by atoms with E-state index in [1.54, 1.807) is 30.3 Å². The second kappa shape index (κ2) is 9.36. The van der Waals surface area contributed by atoms with Crippen LogP contribution in [0.3, 0.4) is 0 Å². The molecule has 1 aliphatic heterocycles. The quantitative estimate of drug-likeness (QED) is 0.518. The number of nitrogens with one attached hydrogen (secondary N) is 1. The Morgan fingerprint density at radius 2 is 1.87 bits per heavy atom. The Balaban J connectivity index is 1.92. The van der Waals surface area contributed by atoms with Crippen molar-refractivity contribution < 1.29 is 22.7 Å². The highest BCUT2D eigenvalue weighted by molar-refractivity contribution is 7.89. The third-order valence-electron chi connectivity index (χ3n) is 5.14. The second-order valence-electron chi connectivity index (χ2n) is 7.31. The number of nitrogens with two attached hydrogens (primary N) is 2. The first kappa shape index (κ1) is 22.6. The first-order chi connectivity index (χ1) is 14.8. The van der Waals surface area contributed by atoms with Gasteiger partial charge in [0, 0.05) is 12.2 Å². The molecule has 1 saturated heterocycles. The number of nitrogens with zero attached hydrogens (tertiary/aromatic N) is 1. The molecule has 1 aliphatic rings. The van der Waals surface area contributed by atoms with Gasteiger partial charge in [0.05, 0.1) is 17.9 Å². The molecular formula is C21H26N4O5S. The summed E-state index contributed by atoms with van der Waals surface area (Å²) in [5, 5.41) is 2.62. The molecule has 0 aromatic heterocycles. The number of ether oxygens (including phenoxy) is 1. The number of nitrogen functional groups attached to an aromatic ring is 1. The standard InChI is InChI=1S/C21H26N4O5S/c1-30-19-7-4-17(23)11-15(19)10-16-12-24-20(26)13-25(21(16)27)31(28,29)18-5-2-14(3-6-18)8-9-22/h2-7,11,16H,8-10,12-13,22-23H2,1H3,(H,24,26). The SMILES string of the molecule is COc1ccc(N)cc1CC1CNC(=O)CN(S(=O)(=O)c2ccc(CCN)cc2)C1=O. The minimum absolute atomic E-state index is 0.0110. The van der Waals surface area contributed by atoms with E-state index in [0.29, 0.717) is 34.3 Å². The summed E-state index contributed by atoms with van der Waals surface area (Å²) in [4.78, 5) is 25.4. The monoisotopic (exact) mass is 446 g/mol. The summed E-state index contributed by atoms with van der Waals surface area (Å²) in [5.41, 5.74) is 13.4. The van der Waals surface area contributed by atoms with Crippen molar-refractivity contribution in [3.8, 4) is 5.75 Å². The Hall–Kier alpha value is -3.11. The van der Waals surface area contributed by atoms with Crippen molar-refractivity contribution >= 4 is 27.5 Å². The predicted octanol–water partition coefficient (Wildman–Crippen LogP) is 0.285. The van der Waals surface area contributed by atoms with Crippen molar-refractivity contribution in [3.63, 3.8) is 0 Å². The van der Waals surface area contributed by atoms with Crippen LogP contribution in [0, 0.1) is 5.92 Å². The van der Waals surface area contributed by atoms with Gasteiger partial charge in [0.15, 0.2) is 0 Å². The van der Waals surface area contributed by atoms with E-state index in [9.17, 15) is 18.0 Å². The molecule has 5 N–H and O–H groups in total. The fourth-order valence-electron chi connectivity index (χ4n) is 3.50. The van der Waals surface area contributed by atoms with Gasteiger partial charge in [-0.15, -0.1) is 0 Å². The number of rotatable bonds is 7. The summed E-state index contributed by atoms with van der Waals surface area (Å²) in [6.45, 7) is -0.126. The number of sulfonamides is 1. The van der Waals surface area contributed by atoms with Gasteiger partial charge in [-0.05, 0) is 60.8 Å². The number of carbonyl (C=O) groups is 2. The number of hydrogen-bond donors (Lipinski definition) is 3. The maximum atomic E-state index is 13.2. The van der Waals surface area contributed by atoms with Crippen molar-refractivity contribution in [1.29, 1.82) is 0 Å². The van der Waals surface area contributed by atoms with Gasteiger partial charge in [0.2, 0.25) is 11.8 Å². The van der Waals surface area contributed by atoms with Crippen molar-refractivity contribution in [2.24, 2.45) is 11.7 Å². The van der Waals surface area contributed by atoms with Gasteiger partial charge >= 0.3 is 0 Å². The zero-order valence-electron chi connectivity index (χ0n) is 17.2. The first-order valence-electron chi connectivity index (χ1n) is 9.81. The largest absolute Gasteiger partial charge is 0.496 e. The lowest BCUT2D eigenvalue weighted by Crippen LogP contribution is -2.42. The number of anilines is 1. The molecule has 1 unspecified atom stereocenters. The van der Waals surface area contributed by atoms with Crippen LogP contribution in [0.25, 0.3) is 0 Å². The van der Waals surface area contributed by atoms with E-state index in [-0.39, 0.29) is 17.9 Å². The Kier molecular flexibility index (Phi) is 6.81. The maximum Gasteiger partial charge on any atom is 0.266 e. The van der Waals surface area contributed by atoms with Crippen LogP contribution in [-0.4, -0.2) is 51.3 Å². The molecule has 166 valence electrons. The third-order valence-corrected chi connectivity index (χ3v) is 6.90. The van der Waals surface area contributed by atoms with E-state index in [1.807, 2.05) is 0 Å². The van der Waals surface area contributed by atoms with E-state index in [1.165, 1.54) is 19.2 Å². The van der Waals surface area contributed by atoms with E-state index in [2.05, 4.69) is 5.32 Å². The summed E-state index contributed by atoms with van der Waals surface area (Å²) in [6.07, 6.45) is 0.768. The molecule has 2 amide bonds. The molecule has 3 rings (SSSR count). The normalized spacial score (nSPS) is 17.2. The second-order valence-corrected chi connectivity index (χ2v) is 9.17. The van der Waals surface area contributed by atoms with Crippen LogP contribution >= 0.6 is 0 Å². The van der Waals surface area contributed by atoms with Crippen LogP contribution in [0.2, 0.25) is 0 Å². The van der Waals surface area contributed by atoms with Crippen LogP contribution in [0.5, 0.6) is 5.75 Å². The van der Waals surface area contributed by atoms with Crippen LogP contribution in [0.4, 0.5) is 5.69 Å². The highest BCUT2D eigenvalue weighted by Gasteiger charge is 2.38. The van der Waals surface area contributed by atoms with Gasteiger partial charge in [0.25, 0.3) is 10.0 Å². The molecule has 0 aliphatic carbocycles. The summed E-state index contributed by atoms with van der Waals surface area (Å²) in [6, 6.07) is 11.2. The topological polar surface area (TPSA) is 145 Å². The number of hydrogen-bond acceptors (Lipinski definition) is 7. The molecule has 1 heterocycles. The number of methoxy groups -OCH3 is 1. The lowest BCUT2D eigenvalue weighted by molar-refractivity contribution is -0.131. The molecule has 31 heavy (non-hydrogen) atoms. The molecule has 0 spiro atoms. The lowest BCUT2D eigenvalue weighted by atomic mass is 9.97. The summed E-state index contributed by atoms with van der Waals surface area (Å²) in [5.74, 6) is -1.47. The Morgan fingerprint density at radius 3 is 2.52 bits per heavy atom. The third kappa shape index (κ3) is 4.97. The Labute approximate surface area is 181 Å². The minimum atomic E-state index is -4.21. The maximum absolute atomic E-state index is 13.2. The fourth-order valence-corrected chi connectivity index (χ4v) is 4.91. The van der Waals surface area contributed by atoms with Gasteiger partial charge in [0.1, 0.15) is 12.3 Å². The van der Waals surface area contributed by atoms with Gasteiger partial charge in [-0.3, -0.25) is 9.59 Å². The lowest BCUT2D eigenvalue weighted by Gasteiger charge is -2.23. The van der Waals surface area contributed by atoms with E-state index in [4.69, 9.17) is 16.2 Å². The molecule has 2 aromatic rings. The number of amides is 2. The van der Waals surface area contributed by atoms with E-state index < -0.39 is 34.3 Å². The average Bonchev–Trinajstić information content (AvgIpc) is 2.88. The molecule has 1 fully saturated rings. The summed E-state index contributed by atoms with van der Waals surface area (Å²) >= 11 is 0. The zero-order chi connectivity index (χ0) is 22.6. The molecule has 2 aromatic carbocycles. The molecule has 9 nitrogen and oxygen atoms in total. The number of benzene rings is 2.